The van der Waals surface area contributed by atoms with E-state index in [1.165, 1.54) is 36.4 Å². The maximum atomic E-state index is 13.4. The number of carbonyl (C=O) groups excluding carboxylic acids is 2. The second-order valence-electron chi connectivity index (χ2n) is 6.43. The van der Waals surface area contributed by atoms with Gasteiger partial charge in [0.2, 0.25) is 5.91 Å². The lowest BCUT2D eigenvalue weighted by molar-refractivity contribution is -0.117. The predicted octanol–water partition coefficient (Wildman–Crippen LogP) is 5.36. The number of alkyl halides is 3. The van der Waals surface area contributed by atoms with E-state index in [2.05, 4.69) is 10.6 Å². The summed E-state index contributed by atoms with van der Waals surface area (Å²) < 4.78 is 24.3. The fourth-order valence-electron chi connectivity index (χ4n) is 3.03. The first-order valence-electron chi connectivity index (χ1n) is 8.44. The van der Waals surface area contributed by atoms with Crippen LogP contribution < -0.4 is 10.6 Å². The standard InChI is InChI=1S/C19H14Cl4F2N2O2/c20-12-3-2-10(8-11(12)17(28)26-6-5-24)27-18(29)16-15(19(16,22)23)9-1-4-14(25)13(21)7-9/h1-4,7-8,15-16H,5-6H2,(H,26,28)(H,27,29)/t15-,16+/m1/s1. The molecule has 154 valence electrons. The summed E-state index contributed by atoms with van der Waals surface area (Å²) in [7, 11) is 0. The average Bonchev–Trinajstić information content (AvgIpc) is 3.25. The molecule has 2 N–H and O–H groups in total. The number of nitrogens with one attached hydrogen (secondary N) is 2. The Hall–Kier alpha value is -1.60. The molecule has 1 aliphatic carbocycles. The zero-order valence-corrected chi connectivity index (χ0v) is 17.6. The normalized spacial score (nSPS) is 19.5. The molecule has 0 bridgehead atoms. The molecule has 0 unspecified atom stereocenters. The van der Waals surface area contributed by atoms with Gasteiger partial charge in [-0.2, -0.15) is 0 Å². The molecule has 0 spiro atoms. The topological polar surface area (TPSA) is 58.2 Å². The summed E-state index contributed by atoms with van der Waals surface area (Å²) in [6, 6.07) is 8.32. The molecule has 10 heteroatoms. The van der Waals surface area contributed by atoms with Crippen LogP contribution in [-0.4, -0.2) is 29.4 Å². The van der Waals surface area contributed by atoms with Crippen molar-refractivity contribution in [1.29, 1.82) is 0 Å². The van der Waals surface area contributed by atoms with Crippen LogP contribution in [0.2, 0.25) is 10.0 Å². The molecule has 1 aliphatic rings. The SMILES string of the molecule is O=C(NCCF)c1cc(NC(=O)[C@@H]2[C@@H](c3ccc(F)c(Cl)c3)C2(Cl)Cl)ccc1Cl. The van der Waals surface area contributed by atoms with Crippen LogP contribution in [-0.2, 0) is 4.79 Å². The number of anilines is 1. The van der Waals surface area contributed by atoms with Crippen LogP contribution in [0.15, 0.2) is 36.4 Å². The van der Waals surface area contributed by atoms with Crippen molar-refractivity contribution in [2.45, 2.75) is 10.3 Å². The third-order valence-electron chi connectivity index (χ3n) is 4.50. The Kier molecular flexibility index (Phi) is 6.58. The van der Waals surface area contributed by atoms with E-state index >= 15 is 0 Å². The molecular weight excluding hydrogens is 468 g/mol. The highest BCUT2D eigenvalue weighted by atomic mass is 35.5. The Bertz CT molecular complexity index is 971. The van der Waals surface area contributed by atoms with Crippen LogP contribution in [0.3, 0.4) is 0 Å². The molecule has 3 rings (SSSR count). The number of rotatable bonds is 6. The summed E-state index contributed by atoms with van der Waals surface area (Å²) in [4.78, 5) is 24.7. The van der Waals surface area contributed by atoms with Crippen LogP contribution in [0.25, 0.3) is 0 Å². The minimum Gasteiger partial charge on any atom is -0.349 e. The van der Waals surface area contributed by atoms with E-state index in [1.807, 2.05) is 0 Å². The predicted molar refractivity (Wildman–Crippen MR) is 110 cm³/mol. The molecule has 1 saturated carbocycles. The highest BCUT2D eigenvalue weighted by Crippen LogP contribution is 2.65. The summed E-state index contributed by atoms with van der Waals surface area (Å²) in [5.41, 5.74) is 0.902. The Labute approximate surface area is 185 Å². The van der Waals surface area contributed by atoms with Gasteiger partial charge in [-0.3, -0.25) is 9.59 Å². The van der Waals surface area contributed by atoms with E-state index in [4.69, 9.17) is 46.4 Å². The summed E-state index contributed by atoms with van der Waals surface area (Å²) >= 11 is 24.3. The lowest BCUT2D eigenvalue weighted by atomic mass is 10.1. The zero-order valence-electron chi connectivity index (χ0n) is 14.6. The monoisotopic (exact) mass is 480 g/mol. The van der Waals surface area contributed by atoms with Gasteiger partial charge in [0.1, 0.15) is 16.8 Å². The van der Waals surface area contributed by atoms with Crippen molar-refractivity contribution < 1.29 is 18.4 Å². The number of amides is 2. The molecule has 29 heavy (non-hydrogen) atoms. The van der Waals surface area contributed by atoms with Gasteiger partial charge in [0.25, 0.3) is 5.91 Å². The third kappa shape index (κ3) is 4.61. The molecule has 2 aromatic carbocycles. The second-order valence-corrected chi connectivity index (χ2v) is 8.69. The first kappa shape index (κ1) is 22.1. The molecule has 2 aromatic rings. The lowest BCUT2D eigenvalue weighted by Crippen LogP contribution is -2.26. The van der Waals surface area contributed by atoms with Crippen LogP contribution in [0.5, 0.6) is 0 Å². The molecule has 1 fully saturated rings. The van der Waals surface area contributed by atoms with Crippen molar-refractivity contribution in [1.82, 2.24) is 5.32 Å². The molecule has 2 amide bonds. The first-order chi connectivity index (χ1) is 13.7. The molecule has 0 aliphatic heterocycles. The number of benzene rings is 2. The summed E-state index contributed by atoms with van der Waals surface area (Å²) in [6.07, 6.45) is 0. The third-order valence-corrected chi connectivity index (χ3v) is 6.06. The maximum Gasteiger partial charge on any atom is 0.252 e. The van der Waals surface area contributed by atoms with Gasteiger partial charge in [0, 0.05) is 18.2 Å². The quantitative estimate of drug-likeness (QED) is 0.546. The van der Waals surface area contributed by atoms with Gasteiger partial charge >= 0.3 is 0 Å². The van der Waals surface area contributed by atoms with Crippen molar-refractivity contribution in [3.8, 4) is 0 Å². The van der Waals surface area contributed by atoms with E-state index in [0.29, 0.717) is 5.56 Å². The van der Waals surface area contributed by atoms with Gasteiger partial charge in [-0.1, -0.05) is 29.3 Å². The Morgan fingerprint density at radius 2 is 1.79 bits per heavy atom. The number of hydrogen-bond donors (Lipinski definition) is 2. The van der Waals surface area contributed by atoms with Crippen LogP contribution in [0, 0.1) is 11.7 Å². The lowest BCUT2D eigenvalue weighted by Gasteiger charge is -2.09. The Morgan fingerprint density at radius 1 is 1.07 bits per heavy atom. The minimum atomic E-state index is -1.39. The van der Waals surface area contributed by atoms with E-state index in [0.717, 1.165) is 0 Å². The van der Waals surface area contributed by atoms with Crippen molar-refractivity contribution in [2.24, 2.45) is 5.92 Å². The van der Waals surface area contributed by atoms with Gasteiger partial charge < -0.3 is 10.6 Å². The van der Waals surface area contributed by atoms with Gasteiger partial charge in [-0.05, 0) is 35.9 Å². The molecule has 0 heterocycles. The number of hydrogen-bond acceptors (Lipinski definition) is 2. The molecular formula is C19H14Cl4F2N2O2. The Balaban J connectivity index is 1.76. The molecule has 2 atom stereocenters. The summed E-state index contributed by atoms with van der Waals surface area (Å²) in [5.74, 6) is -3.04. The zero-order chi connectivity index (χ0) is 21.3. The summed E-state index contributed by atoms with van der Waals surface area (Å²) in [6.45, 7) is -0.874. The van der Waals surface area contributed by atoms with E-state index in [9.17, 15) is 18.4 Å². The summed E-state index contributed by atoms with van der Waals surface area (Å²) in [5, 5.41) is 5.05. The fourth-order valence-corrected chi connectivity index (χ4v) is 4.25. The second kappa shape index (κ2) is 8.64. The molecule has 0 saturated heterocycles. The van der Waals surface area contributed by atoms with Crippen molar-refractivity contribution in [3.63, 3.8) is 0 Å². The van der Waals surface area contributed by atoms with Gasteiger partial charge in [-0.25, -0.2) is 8.78 Å². The Morgan fingerprint density at radius 3 is 2.45 bits per heavy atom. The van der Waals surface area contributed by atoms with Crippen LogP contribution >= 0.6 is 46.4 Å². The first-order valence-corrected chi connectivity index (χ1v) is 9.95. The molecule has 4 nitrogen and oxygen atoms in total. The number of halogens is 6. The van der Waals surface area contributed by atoms with Crippen LogP contribution in [0.1, 0.15) is 21.8 Å². The molecule has 0 aromatic heterocycles. The van der Waals surface area contributed by atoms with Crippen LogP contribution in [0.4, 0.5) is 14.5 Å². The van der Waals surface area contributed by atoms with Gasteiger partial charge in [-0.15, -0.1) is 23.2 Å². The number of carbonyl (C=O) groups is 2. The van der Waals surface area contributed by atoms with E-state index in [1.54, 1.807) is 0 Å². The van der Waals surface area contributed by atoms with Crippen molar-refractivity contribution >= 4 is 63.9 Å². The maximum absolute atomic E-state index is 13.4. The fraction of sp³-hybridized carbons (Fsp3) is 0.263. The van der Waals surface area contributed by atoms with Crippen molar-refractivity contribution in [3.05, 3.63) is 63.4 Å². The van der Waals surface area contributed by atoms with E-state index in [-0.39, 0.29) is 27.8 Å². The van der Waals surface area contributed by atoms with Gasteiger partial charge in [0.05, 0.1) is 21.5 Å². The minimum absolute atomic E-state index is 0.0820. The highest BCUT2D eigenvalue weighted by molar-refractivity contribution is 6.53. The van der Waals surface area contributed by atoms with Gasteiger partial charge in [0.15, 0.2) is 0 Å². The van der Waals surface area contributed by atoms with E-state index < -0.39 is 40.5 Å². The smallest absolute Gasteiger partial charge is 0.252 e. The largest absolute Gasteiger partial charge is 0.349 e. The molecule has 0 radical (unpaired) electrons. The average molecular weight is 482 g/mol. The van der Waals surface area contributed by atoms with Crippen molar-refractivity contribution in [2.75, 3.05) is 18.5 Å². The highest BCUT2D eigenvalue weighted by Gasteiger charge is 2.67.